The molecule has 0 radical (unpaired) electrons. The molecule has 0 spiro atoms. The molecular formula is C16H24. The predicted octanol–water partition coefficient (Wildman–Crippen LogP) is 4.73. The topological polar surface area (TPSA) is 0 Å². The van der Waals surface area contributed by atoms with Gasteiger partial charge in [-0.15, -0.1) is 0 Å². The Hall–Kier alpha value is -0.780. The number of rotatable bonds is 2. The van der Waals surface area contributed by atoms with Gasteiger partial charge in [-0.2, -0.15) is 0 Å². The van der Waals surface area contributed by atoms with Gasteiger partial charge in [0.15, 0.2) is 0 Å². The lowest BCUT2D eigenvalue weighted by molar-refractivity contribution is 0.520. The molecule has 0 saturated heterocycles. The third-order valence-electron chi connectivity index (χ3n) is 4.38. The van der Waals surface area contributed by atoms with Gasteiger partial charge in [0, 0.05) is 0 Å². The largest absolute Gasteiger partial charge is 0.0648 e. The summed E-state index contributed by atoms with van der Waals surface area (Å²) in [5.41, 5.74) is 6.80. The monoisotopic (exact) mass is 216 g/mol. The first-order valence-corrected chi connectivity index (χ1v) is 6.60. The molecule has 0 aliphatic heterocycles. The van der Waals surface area contributed by atoms with E-state index < -0.39 is 0 Å². The van der Waals surface area contributed by atoms with Crippen molar-refractivity contribution in [3.63, 3.8) is 0 Å². The molecule has 0 heterocycles. The van der Waals surface area contributed by atoms with Crippen LogP contribution in [0.2, 0.25) is 0 Å². The van der Waals surface area contributed by atoms with Gasteiger partial charge in [-0.3, -0.25) is 0 Å². The minimum atomic E-state index is 0.392. The highest BCUT2D eigenvalue weighted by atomic mass is 14.4. The van der Waals surface area contributed by atoms with Crippen LogP contribution in [-0.4, -0.2) is 0 Å². The fourth-order valence-corrected chi connectivity index (χ4v) is 3.24. The highest BCUT2D eigenvalue weighted by Crippen LogP contribution is 2.43. The summed E-state index contributed by atoms with van der Waals surface area (Å²) in [5.74, 6) is 0.711. The number of hydrogen-bond donors (Lipinski definition) is 0. The van der Waals surface area contributed by atoms with E-state index in [0.717, 1.165) is 0 Å². The smallest absolute Gasteiger partial charge is 0.00949 e. The molecule has 0 nitrogen and oxygen atoms in total. The van der Waals surface area contributed by atoms with Gasteiger partial charge in [-0.1, -0.05) is 39.8 Å². The molecule has 1 aromatic carbocycles. The molecule has 1 unspecified atom stereocenters. The molecule has 1 aliphatic rings. The van der Waals surface area contributed by atoms with Gasteiger partial charge in [-0.05, 0) is 59.8 Å². The molecule has 1 aliphatic carbocycles. The van der Waals surface area contributed by atoms with E-state index in [4.69, 9.17) is 0 Å². The average Bonchev–Trinajstić information content (AvgIpc) is 2.55. The van der Waals surface area contributed by atoms with Crippen molar-refractivity contribution in [2.24, 2.45) is 0 Å². The summed E-state index contributed by atoms with van der Waals surface area (Å²) in [6.07, 6.45) is 3.84. The van der Waals surface area contributed by atoms with E-state index in [1.807, 2.05) is 0 Å². The molecule has 1 atom stereocenters. The van der Waals surface area contributed by atoms with Crippen molar-refractivity contribution < 1.29 is 0 Å². The molecule has 88 valence electrons. The molecule has 0 amide bonds. The maximum atomic E-state index is 2.40. The minimum absolute atomic E-state index is 0.392. The highest BCUT2D eigenvalue weighted by molar-refractivity contribution is 5.49. The van der Waals surface area contributed by atoms with Crippen LogP contribution >= 0.6 is 0 Å². The average molecular weight is 216 g/mol. The first kappa shape index (κ1) is 11.7. The third-order valence-corrected chi connectivity index (χ3v) is 4.38. The zero-order valence-electron chi connectivity index (χ0n) is 11.4. The Morgan fingerprint density at radius 2 is 2.00 bits per heavy atom. The number of benzene rings is 1. The van der Waals surface area contributed by atoms with Gasteiger partial charge in [-0.25, -0.2) is 0 Å². The van der Waals surface area contributed by atoms with Crippen molar-refractivity contribution >= 4 is 0 Å². The van der Waals surface area contributed by atoms with Gasteiger partial charge >= 0.3 is 0 Å². The Kier molecular flexibility index (Phi) is 2.86. The van der Waals surface area contributed by atoms with E-state index in [2.05, 4.69) is 46.8 Å². The van der Waals surface area contributed by atoms with Crippen LogP contribution in [0.15, 0.2) is 12.1 Å². The summed E-state index contributed by atoms with van der Waals surface area (Å²) < 4.78 is 0. The summed E-state index contributed by atoms with van der Waals surface area (Å²) in [5, 5.41) is 0. The zero-order valence-corrected chi connectivity index (χ0v) is 11.4. The molecule has 2 rings (SSSR count). The molecule has 0 saturated carbocycles. The molecule has 1 aromatic rings. The van der Waals surface area contributed by atoms with Crippen LogP contribution in [-0.2, 0) is 11.8 Å². The van der Waals surface area contributed by atoms with E-state index in [1.54, 1.807) is 16.7 Å². The molecule has 0 fully saturated rings. The minimum Gasteiger partial charge on any atom is -0.0648 e. The van der Waals surface area contributed by atoms with Crippen molar-refractivity contribution in [3.05, 3.63) is 34.4 Å². The molecule has 0 N–H and O–H groups in total. The maximum Gasteiger partial charge on any atom is -0.00949 e. The molecule has 16 heavy (non-hydrogen) atoms. The summed E-state index contributed by atoms with van der Waals surface area (Å²) in [7, 11) is 0. The first-order chi connectivity index (χ1) is 7.47. The Morgan fingerprint density at radius 1 is 1.31 bits per heavy atom. The van der Waals surface area contributed by atoms with E-state index in [-0.39, 0.29) is 0 Å². The van der Waals surface area contributed by atoms with Crippen molar-refractivity contribution in [2.45, 2.75) is 65.2 Å². The first-order valence-electron chi connectivity index (χ1n) is 6.60. The Balaban J connectivity index is 2.58. The SMILES string of the molecule is CCC(C)c1ccc(C)c2c1CCC2(C)C. The highest BCUT2D eigenvalue weighted by Gasteiger charge is 2.33. The van der Waals surface area contributed by atoms with E-state index in [9.17, 15) is 0 Å². The number of fused-ring (bicyclic) bond motifs is 1. The predicted molar refractivity (Wildman–Crippen MR) is 71.2 cm³/mol. The lowest BCUT2D eigenvalue weighted by Crippen LogP contribution is -2.14. The molecule has 0 heteroatoms. The van der Waals surface area contributed by atoms with Gasteiger partial charge in [0.2, 0.25) is 0 Å². The second kappa shape index (κ2) is 3.91. The second-order valence-corrected chi connectivity index (χ2v) is 6.02. The van der Waals surface area contributed by atoms with Crippen molar-refractivity contribution in [1.82, 2.24) is 0 Å². The number of hydrogen-bond acceptors (Lipinski definition) is 0. The molecule has 0 bridgehead atoms. The Bertz CT molecular complexity index is 399. The van der Waals surface area contributed by atoms with Crippen LogP contribution in [0.1, 0.15) is 68.7 Å². The van der Waals surface area contributed by atoms with E-state index in [1.165, 1.54) is 24.8 Å². The molecular weight excluding hydrogens is 192 g/mol. The maximum absolute atomic E-state index is 2.40. The van der Waals surface area contributed by atoms with Gasteiger partial charge in [0.05, 0.1) is 0 Å². The van der Waals surface area contributed by atoms with Crippen LogP contribution < -0.4 is 0 Å². The van der Waals surface area contributed by atoms with Crippen LogP contribution in [0.5, 0.6) is 0 Å². The third kappa shape index (κ3) is 1.69. The zero-order chi connectivity index (χ0) is 11.9. The van der Waals surface area contributed by atoms with E-state index in [0.29, 0.717) is 11.3 Å². The van der Waals surface area contributed by atoms with E-state index >= 15 is 0 Å². The van der Waals surface area contributed by atoms with Gasteiger partial charge in [0.1, 0.15) is 0 Å². The van der Waals surface area contributed by atoms with Crippen molar-refractivity contribution in [2.75, 3.05) is 0 Å². The second-order valence-electron chi connectivity index (χ2n) is 6.02. The quantitative estimate of drug-likeness (QED) is 0.670. The fourth-order valence-electron chi connectivity index (χ4n) is 3.24. The molecule has 0 aromatic heterocycles. The fraction of sp³-hybridized carbons (Fsp3) is 0.625. The van der Waals surface area contributed by atoms with Gasteiger partial charge < -0.3 is 0 Å². The Labute approximate surface area is 100 Å². The van der Waals surface area contributed by atoms with Gasteiger partial charge in [0.25, 0.3) is 0 Å². The van der Waals surface area contributed by atoms with Crippen molar-refractivity contribution in [1.29, 1.82) is 0 Å². The summed E-state index contributed by atoms with van der Waals surface area (Å²) in [6, 6.07) is 4.69. The van der Waals surface area contributed by atoms with Crippen LogP contribution in [0.25, 0.3) is 0 Å². The summed E-state index contributed by atoms with van der Waals surface area (Å²) in [6.45, 7) is 11.7. The normalized spacial score (nSPS) is 19.6. The lowest BCUT2D eigenvalue weighted by atomic mass is 9.81. The van der Waals surface area contributed by atoms with Crippen molar-refractivity contribution in [3.8, 4) is 0 Å². The Morgan fingerprint density at radius 3 is 2.62 bits per heavy atom. The van der Waals surface area contributed by atoms with Crippen LogP contribution in [0.4, 0.5) is 0 Å². The van der Waals surface area contributed by atoms with Crippen LogP contribution in [0.3, 0.4) is 0 Å². The number of aryl methyl sites for hydroxylation is 1. The van der Waals surface area contributed by atoms with Crippen LogP contribution in [0, 0.1) is 6.92 Å². The lowest BCUT2D eigenvalue weighted by Gasteiger charge is -2.23. The summed E-state index contributed by atoms with van der Waals surface area (Å²) >= 11 is 0. The standard InChI is InChI=1S/C16H24/c1-6-11(2)13-8-7-12(3)15-14(13)9-10-16(15,4)5/h7-8,11H,6,9-10H2,1-5H3. The summed E-state index contributed by atoms with van der Waals surface area (Å²) in [4.78, 5) is 0.